The van der Waals surface area contributed by atoms with Gasteiger partial charge in [-0.05, 0) is 44.0 Å². The van der Waals surface area contributed by atoms with Gasteiger partial charge in [-0.15, -0.1) is 0 Å². The first-order chi connectivity index (χ1) is 8.40. The van der Waals surface area contributed by atoms with E-state index in [1.165, 1.54) is 12.0 Å². The third-order valence-electron chi connectivity index (χ3n) is 3.71. The van der Waals surface area contributed by atoms with Gasteiger partial charge in [0, 0.05) is 23.9 Å². The fourth-order valence-corrected chi connectivity index (χ4v) is 3.55. The van der Waals surface area contributed by atoms with Crippen molar-refractivity contribution in [2.24, 2.45) is 0 Å². The Bertz CT molecular complexity index is 493. The molecule has 3 nitrogen and oxygen atoms in total. The first-order valence-electron chi connectivity index (χ1n) is 6.37. The largest absolute Gasteiger partial charge is 0.449 e. The van der Waals surface area contributed by atoms with Gasteiger partial charge in [-0.3, -0.25) is 0 Å². The number of hydrogen-bond donors (Lipinski definition) is 1. The molecule has 1 N–H and O–H groups in total. The van der Waals surface area contributed by atoms with E-state index in [-0.39, 0.29) is 5.54 Å². The van der Waals surface area contributed by atoms with Crippen LogP contribution in [0.15, 0.2) is 16.6 Å². The van der Waals surface area contributed by atoms with Gasteiger partial charge in [-0.25, -0.2) is 0 Å². The standard InChI is InChI=1S/C14H18BrNO2/c1-13(2)17-11-7-9(10(15)8-12(11)18-13)14(3)5-4-6-16-14/h7-8,16H,4-6H2,1-3H3. The van der Waals surface area contributed by atoms with E-state index in [0.29, 0.717) is 0 Å². The fourth-order valence-electron chi connectivity index (χ4n) is 2.79. The van der Waals surface area contributed by atoms with Crippen LogP contribution < -0.4 is 14.8 Å². The molecular weight excluding hydrogens is 294 g/mol. The molecule has 0 amide bonds. The Balaban J connectivity index is 2.04. The number of hydrogen-bond acceptors (Lipinski definition) is 3. The Morgan fingerprint density at radius 2 is 1.83 bits per heavy atom. The number of rotatable bonds is 1. The van der Waals surface area contributed by atoms with E-state index in [0.717, 1.165) is 28.9 Å². The van der Waals surface area contributed by atoms with E-state index >= 15 is 0 Å². The van der Waals surface area contributed by atoms with Crippen LogP contribution in [0.1, 0.15) is 39.2 Å². The van der Waals surface area contributed by atoms with Crippen LogP contribution >= 0.6 is 15.9 Å². The molecule has 0 bridgehead atoms. The molecule has 1 unspecified atom stereocenters. The highest BCUT2D eigenvalue weighted by molar-refractivity contribution is 9.10. The smallest absolute Gasteiger partial charge is 0.246 e. The molecule has 3 rings (SSSR count). The molecule has 1 aromatic rings. The van der Waals surface area contributed by atoms with Crippen LogP contribution in [0.25, 0.3) is 0 Å². The zero-order valence-electron chi connectivity index (χ0n) is 11.0. The van der Waals surface area contributed by atoms with Crippen molar-refractivity contribution in [3.8, 4) is 11.5 Å². The lowest BCUT2D eigenvalue weighted by atomic mass is 9.90. The zero-order chi connectivity index (χ0) is 13.0. The maximum Gasteiger partial charge on any atom is 0.246 e. The van der Waals surface area contributed by atoms with Crippen molar-refractivity contribution < 1.29 is 9.47 Å². The number of benzene rings is 1. The summed E-state index contributed by atoms with van der Waals surface area (Å²) in [5.74, 6) is 1.09. The lowest BCUT2D eigenvalue weighted by Crippen LogP contribution is -2.33. The normalized spacial score (nSPS) is 28.7. The summed E-state index contributed by atoms with van der Waals surface area (Å²) in [6.07, 6.45) is 2.36. The second-order valence-electron chi connectivity index (χ2n) is 5.75. The summed E-state index contributed by atoms with van der Waals surface area (Å²) in [5.41, 5.74) is 1.28. The Hall–Kier alpha value is -0.740. The molecule has 1 aromatic carbocycles. The monoisotopic (exact) mass is 311 g/mol. The zero-order valence-corrected chi connectivity index (χ0v) is 12.6. The maximum absolute atomic E-state index is 5.82. The van der Waals surface area contributed by atoms with Crippen LogP contribution in [-0.4, -0.2) is 12.3 Å². The van der Waals surface area contributed by atoms with Crippen molar-refractivity contribution in [2.75, 3.05) is 6.54 Å². The molecule has 0 aliphatic carbocycles. The van der Waals surface area contributed by atoms with Gasteiger partial charge in [0.25, 0.3) is 0 Å². The third kappa shape index (κ3) is 1.91. The van der Waals surface area contributed by atoms with Gasteiger partial charge in [0.05, 0.1) is 0 Å². The topological polar surface area (TPSA) is 30.5 Å². The Morgan fingerprint density at radius 1 is 1.17 bits per heavy atom. The highest BCUT2D eigenvalue weighted by Gasteiger charge is 2.37. The van der Waals surface area contributed by atoms with Crippen LogP contribution in [0.2, 0.25) is 0 Å². The van der Waals surface area contributed by atoms with Crippen molar-refractivity contribution >= 4 is 15.9 Å². The van der Waals surface area contributed by atoms with Crippen molar-refractivity contribution in [1.29, 1.82) is 0 Å². The first-order valence-corrected chi connectivity index (χ1v) is 7.16. The molecule has 4 heteroatoms. The predicted octanol–water partition coefficient (Wildman–Crippen LogP) is 3.56. The Kier molecular flexibility index (Phi) is 2.65. The van der Waals surface area contributed by atoms with Gasteiger partial charge < -0.3 is 14.8 Å². The number of halogens is 1. The minimum absolute atomic E-state index is 0.0317. The summed E-state index contributed by atoms with van der Waals surface area (Å²) < 4.78 is 12.7. The summed E-state index contributed by atoms with van der Waals surface area (Å²) in [6.45, 7) is 7.17. The van der Waals surface area contributed by atoms with Crippen molar-refractivity contribution in [2.45, 2.75) is 44.9 Å². The molecule has 98 valence electrons. The van der Waals surface area contributed by atoms with Crippen molar-refractivity contribution in [1.82, 2.24) is 5.32 Å². The van der Waals surface area contributed by atoms with E-state index in [1.807, 2.05) is 19.9 Å². The quantitative estimate of drug-likeness (QED) is 0.860. The predicted molar refractivity (Wildman–Crippen MR) is 74.1 cm³/mol. The van der Waals surface area contributed by atoms with Gasteiger partial charge in [0.15, 0.2) is 11.5 Å². The van der Waals surface area contributed by atoms with Crippen molar-refractivity contribution in [3.63, 3.8) is 0 Å². The van der Waals surface area contributed by atoms with Crippen LogP contribution in [0, 0.1) is 0 Å². The van der Waals surface area contributed by atoms with Gasteiger partial charge in [0.2, 0.25) is 5.79 Å². The summed E-state index contributed by atoms with van der Waals surface area (Å²) >= 11 is 3.66. The summed E-state index contributed by atoms with van der Waals surface area (Å²) in [4.78, 5) is 0. The van der Waals surface area contributed by atoms with Gasteiger partial charge in [-0.2, -0.15) is 0 Å². The maximum atomic E-state index is 5.82. The van der Waals surface area contributed by atoms with Gasteiger partial charge >= 0.3 is 0 Å². The SMILES string of the molecule is CC1(C)Oc2cc(Br)c(C3(C)CCCN3)cc2O1. The molecule has 1 atom stereocenters. The molecule has 1 saturated heterocycles. The lowest BCUT2D eigenvalue weighted by Gasteiger charge is -2.26. The third-order valence-corrected chi connectivity index (χ3v) is 4.36. The molecule has 2 aliphatic rings. The van der Waals surface area contributed by atoms with E-state index < -0.39 is 5.79 Å². The van der Waals surface area contributed by atoms with E-state index in [2.05, 4.69) is 34.2 Å². The van der Waals surface area contributed by atoms with Gasteiger partial charge in [-0.1, -0.05) is 15.9 Å². The van der Waals surface area contributed by atoms with Gasteiger partial charge in [0.1, 0.15) is 0 Å². The Morgan fingerprint density at radius 3 is 2.44 bits per heavy atom. The van der Waals surface area contributed by atoms with E-state index in [9.17, 15) is 0 Å². The molecule has 0 saturated carbocycles. The number of ether oxygens (including phenoxy) is 2. The first kappa shape index (κ1) is 12.3. The molecule has 18 heavy (non-hydrogen) atoms. The molecule has 2 aliphatic heterocycles. The summed E-state index contributed by atoms with van der Waals surface area (Å²) in [6, 6.07) is 4.12. The van der Waals surface area contributed by atoms with E-state index in [1.54, 1.807) is 0 Å². The molecule has 0 spiro atoms. The van der Waals surface area contributed by atoms with Crippen molar-refractivity contribution in [3.05, 3.63) is 22.2 Å². The van der Waals surface area contributed by atoms with Crippen LogP contribution in [0.5, 0.6) is 11.5 Å². The number of fused-ring (bicyclic) bond motifs is 1. The highest BCUT2D eigenvalue weighted by Crippen LogP contribution is 2.46. The minimum Gasteiger partial charge on any atom is -0.449 e. The summed E-state index contributed by atoms with van der Waals surface area (Å²) in [5, 5.41) is 3.58. The molecule has 2 heterocycles. The lowest BCUT2D eigenvalue weighted by molar-refractivity contribution is -0.0431. The minimum atomic E-state index is -0.565. The van der Waals surface area contributed by atoms with Crippen LogP contribution in [0.3, 0.4) is 0 Å². The van der Waals surface area contributed by atoms with Crippen LogP contribution in [0.4, 0.5) is 0 Å². The second-order valence-corrected chi connectivity index (χ2v) is 6.60. The average Bonchev–Trinajstić information content (AvgIpc) is 2.80. The summed E-state index contributed by atoms with van der Waals surface area (Å²) in [7, 11) is 0. The molecule has 0 radical (unpaired) electrons. The van der Waals surface area contributed by atoms with Crippen LogP contribution in [-0.2, 0) is 5.54 Å². The number of nitrogens with one attached hydrogen (secondary N) is 1. The highest BCUT2D eigenvalue weighted by atomic mass is 79.9. The second kappa shape index (κ2) is 3.87. The molecule has 0 aromatic heterocycles. The Labute approximate surface area is 116 Å². The molecule has 1 fully saturated rings. The average molecular weight is 312 g/mol. The fraction of sp³-hybridized carbons (Fsp3) is 0.571. The molecular formula is C14H18BrNO2. The van der Waals surface area contributed by atoms with E-state index in [4.69, 9.17) is 9.47 Å².